The number of nitrogens with zero attached hydrogens (tertiary/aromatic N) is 1. The van der Waals surface area contributed by atoms with Gasteiger partial charge in [-0.1, -0.05) is 13.8 Å². The Kier molecular flexibility index (Phi) is 3.99. The lowest BCUT2D eigenvalue weighted by Gasteiger charge is -2.22. The van der Waals surface area contributed by atoms with E-state index in [9.17, 15) is 4.79 Å². The highest BCUT2D eigenvalue weighted by Crippen LogP contribution is 2.30. The van der Waals surface area contributed by atoms with Crippen molar-refractivity contribution in [1.29, 1.82) is 0 Å². The second-order valence-corrected chi connectivity index (χ2v) is 6.28. The topological polar surface area (TPSA) is 53.7 Å². The van der Waals surface area contributed by atoms with Crippen LogP contribution in [-0.4, -0.2) is 29.1 Å². The van der Waals surface area contributed by atoms with Gasteiger partial charge < -0.3 is 9.52 Å². The molecule has 1 fully saturated rings. The third kappa shape index (κ3) is 3.60. The lowest BCUT2D eigenvalue weighted by molar-refractivity contribution is 0.0695. The molecule has 1 aromatic rings. The van der Waals surface area contributed by atoms with E-state index in [1.54, 1.807) is 13.0 Å². The van der Waals surface area contributed by atoms with Crippen LogP contribution in [0.15, 0.2) is 10.5 Å². The number of furan rings is 1. The fourth-order valence-electron chi connectivity index (χ4n) is 2.69. The van der Waals surface area contributed by atoms with E-state index in [0.717, 1.165) is 18.8 Å². The second-order valence-electron chi connectivity index (χ2n) is 6.28. The van der Waals surface area contributed by atoms with Crippen LogP contribution >= 0.6 is 0 Å². The van der Waals surface area contributed by atoms with Gasteiger partial charge in [0, 0.05) is 0 Å². The number of rotatable bonds is 3. The molecule has 2 rings (SSSR count). The SMILES string of the molecule is Cc1oc(CN2CCCC(C)(C)CC2)cc1C(=O)O. The van der Waals surface area contributed by atoms with Crippen LogP contribution in [0, 0.1) is 12.3 Å². The first kappa shape index (κ1) is 14.1. The van der Waals surface area contributed by atoms with Crippen molar-refractivity contribution in [2.24, 2.45) is 5.41 Å². The van der Waals surface area contributed by atoms with Crippen LogP contribution in [0.5, 0.6) is 0 Å². The van der Waals surface area contributed by atoms with Crippen molar-refractivity contribution in [3.63, 3.8) is 0 Å². The molecule has 1 saturated heterocycles. The van der Waals surface area contributed by atoms with Crippen LogP contribution < -0.4 is 0 Å². The molecule has 0 amide bonds. The number of hydrogen-bond donors (Lipinski definition) is 1. The summed E-state index contributed by atoms with van der Waals surface area (Å²) in [4.78, 5) is 13.4. The molecule has 0 aromatic carbocycles. The van der Waals surface area contributed by atoms with Gasteiger partial charge in [-0.05, 0) is 50.8 Å². The molecule has 2 heterocycles. The van der Waals surface area contributed by atoms with E-state index in [4.69, 9.17) is 9.52 Å². The fraction of sp³-hybridized carbons (Fsp3) is 0.667. The van der Waals surface area contributed by atoms with Crippen molar-refractivity contribution >= 4 is 5.97 Å². The molecule has 0 saturated carbocycles. The number of aryl methyl sites for hydroxylation is 1. The number of hydrogen-bond acceptors (Lipinski definition) is 3. The molecule has 4 heteroatoms. The van der Waals surface area contributed by atoms with E-state index in [1.165, 1.54) is 19.3 Å². The maximum Gasteiger partial charge on any atom is 0.339 e. The molecule has 0 aliphatic carbocycles. The molecule has 4 nitrogen and oxygen atoms in total. The van der Waals surface area contributed by atoms with Gasteiger partial charge in [0.15, 0.2) is 0 Å². The second kappa shape index (κ2) is 5.37. The molecular formula is C15H23NO3. The van der Waals surface area contributed by atoms with E-state index in [1.807, 2.05) is 0 Å². The fourth-order valence-corrected chi connectivity index (χ4v) is 2.69. The molecular weight excluding hydrogens is 242 g/mol. The molecule has 0 atom stereocenters. The van der Waals surface area contributed by atoms with Crippen molar-refractivity contribution < 1.29 is 14.3 Å². The van der Waals surface area contributed by atoms with Crippen molar-refractivity contribution in [2.45, 2.75) is 46.6 Å². The standard InChI is InChI=1S/C15H23NO3/c1-11-13(14(17)18)9-12(19-11)10-16-7-4-5-15(2,3)6-8-16/h9H,4-8,10H2,1-3H3,(H,17,18). The molecule has 1 aliphatic rings. The zero-order valence-corrected chi connectivity index (χ0v) is 12.0. The Morgan fingerprint density at radius 2 is 2.16 bits per heavy atom. The largest absolute Gasteiger partial charge is 0.478 e. The molecule has 0 spiro atoms. The summed E-state index contributed by atoms with van der Waals surface area (Å²) in [6.45, 7) is 9.16. The maximum absolute atomic E-state index is 11.0. The molecule has 0 bridgehead atoms. The van der Waals surface area contributed by atoms with Gasteiger partial charge in [0.2, 0.25) is 0 Å². The van der Waals surface area contributed by atoms with Gasteiger partial charge in [-0.25, -0.2) is 4.79 Å². The average Bonchev–Trinajstić information content (AvgIpc) is 2.57. The molecule has 106 valence electrons. The van der Waals surface area contributed by atoms with Gasteiger partial charge in [-0.2, -0.15) is 0 Å². The molecule has 19 heavy (non-hydrogen) atoms. The molecule has 1 aromatic heterocycles. The summed E-state index contributed by atoms with van der Waals surface area (Å²) in [7, 11) is 0. The average molecular weight is 265 g/mol. The van der Waals surface area contributed by atoms with E-state index >= 15 is 0 Å². The zero-order valence-electron chi connectivity index (χ0n) is 12.0. The van der Waals surface area contributed by atoms with Gasteiger partial charge in [-0.15, -0.1) is 0 Å². The summed E-state index contributed by atoms with van der Waals surface area (Å²) in [6.07, 6.45) is 3.62. The Labute approximate surface area is 114 Å². The van der Waals surface area contributed by atoms with Gasteiger partial charge >= 0.3 is 5.97 Å². The summed E-state index contributed by atoms with van der Waals surface area (Å²) in [5, 5.41) is 9.02. The Balaban J connectivity index is 2.01. The predicted octanol–water partition coefficient (Wildman–Crippen LogP) is 3.30. The predicted molar refractivity (Wildman–Crippen MR) is 73.3 cm³/mol. The van der Waals surface area contributed by atoms with Crippen molar-refractivity contribution in [1.82, 2.24) is 4.90 Å². The molecule has 1 N–H and O–H groups in total. The van der Waals surface area contributed by atoms with Gasteiger partial charge in [-0.3, -0.25) is 4.90 Å². The third-order valence-corrected chi connectivity index (χ3v) is 4.01. The number of carboxylic acids is 1. The van der Waals surface area contributed by atoms with Crippen molar-refractivity contribution in [2.75, 3.05) is 13.1 Å². The number of likely N-dealkylation sites (tertiary alicyclic amines) is 1. The highest BCUT2D eigenvalue weighted by atomic mass is 16.4. The Hall–Kier alpha value is -1.29. The van der Waals surface area contributed by atoms with Gasteiger partial charge in [0.25, 0.3) is 0 Å². The first-order valence-corrected chi connectivity index (χ1v) is 6.92. The highest BCUT2D eigenvalue weighted by Gasteiger charge is 2.24. The summed E-state index contributed by atoms with van der Waals surface area (Å²) in [5.74, 6) is 0.344. The monoisotopic (exact) mass is 265 g/mol. The molecule has 1 aliphatic heterocycles. The van der Waals surface area contributed by atoms with Crippen molar-refractivity contribution in [3.8, 4) is 0 Å². The van der Waals surface area contributed by atoms with Gasteiger partial charge in [0.05, 0.1) is 6.54 Å². The summed E-state index contributed by atoms with van der Waals surface area (Å²) < 4.78 is 5.55. The molecule has 0 radical (unpaired) electrons. The smallest absolute Gasteiger partial charge is 0.339 e. The number of aromatic carboxylic acids is 1. The van der Waals surface area contributed by atoms with Crippen LogP contribution in [-0.2, 0) is 6.54 Å². The Morgan fingerprint density at radius 1 is 1.42 bits per heavy atom. The highest BCUT2D eigenvalue weighted by molar-refractivity contribution is 5.88. The minimum absolute atomic E-state index is 0.283. The third-order valence-electron chi connectivity index (χ3n) is 4.01. The summed E-state index contributed by atoms with van der Waals surface area (Å²) in [6, 6.07) is 1.66. The Morgan fingerprint density at radius 3 is 2.79 bits per heavy atom. The zero-order chi connectivity index (χ0) is 14.0. The quantitative estimate of drug-likeness (QED) is 0.911. The minimum atomic E-state index is -0.913. The summed E-state index contributed by atoms with van der Waals surface area (Å²) >= 11 is 0. The van der Waals surface area contributed by atoms with E-state index in [0.29, 0.717) is 17.7 Å². The molecule has 0 unspecified atom stereocenters. The minimum Gasteiger partial charge on any atom is -0.478 e. The van der Waals surface area contributed by atoms with Crippen LogP contribution in [0.4, 0.5) is 0 Å². The van der Waals surface area contributed by atoms with E-state index < -0.39 is 5.97 Å². The lowest BCUT2D eigenvalue weighted by atomic mass is 9.85. The van der Waals surface area contributed by atoms with Crippen LogP contribution in [0.2, 0.25) is 0 Å². The lowest BCUT2D eigenvalue weighted by Crippen LogP contribution is -2.24. The maximum atomic E-state index is 11.0. The van der Waals surface area contributed by atoms with Gasteiger partial charge in [0.1, 0.15) is 17.1 Å². The van der Waals surface area contributed by atoms with Crippen LogP contribution in [0.1, 0.15) is 55.0 Å². The van der Waals surface area contributed by atoms with Crippen molar-refractivity contribution in [3.05, 3.63) is 23.2 Å². The first-order chi connectivity index (χ1) is 8.87. The normalized spacial score (nSPS) is 20.2. The van der Waals surface area contributed by atoms with Crippen LogP contribution in [0.25, 0.3) is 0 Å². The number of carbonyl (C=O) groups is 1. The first-order valence-electron chi connectivity index (χ1n) is 6.92. The van der Waals surface area contributed by atoms with E-state index in [-0.39, 0.29) is 5.56 Å². The van der Waals surface area contributed by atoms with E-state index in [2.05, 4.69) is 18.7 Å². The Bertz CT molecular complexity index is 462. The summed E-state index contributed by atoms with van der Waals surface area (Å²) in [5.41, 5.74) is 0.699. The van der Waals surface area contributed by atoms with Crippen LogP contribution in [0.3, 0.4) is 0 Å². The number of carboxylic acid groups (broad SMARTS) is 1.